The summed E-state index contributed by atoms with van der Waals surface area (Å²) in [7, 11) is 0. The van der Waals surface area contributed by atoms with E-state index in [-0.39, 0.29) is 0 Å². The molecule has 3 rings (SSSR count). The maximum Gasteiger partial charge on any atom is 0.133 e. The lowest BCUT2D eigenvalue weighted by Crippen LogP contribution is -1.99. The first-order valence-electron chi connectivity index (χ1n) is 6.59. The van der Waals surface area contributed by atoms with Gasteiger partial charge in [-0.1, -0.05) is 50.3 Å². The zero-order valence-corrected chi connectivity index (χ0v) is 12.2. The van der Waals surface area contributed by atoms with Gasteiger partial charge in [-0.2, -0.15) is 0 Å². The molecule has 4 heteroatoms. The summed E-state index contributed by atoms with van der Waals surface area (Å²) < 4.78 is 0.654. The fourth-order valence-corrected chi connectivity index (χ4v) is 2.87. The highest BCUT2D eigenvalue weighted by Gasteiger charge is 2.14. The normalized spacial score (nSPS) is 11.2. The number of nitrogens with zero attached hydrogens (tertiary/aromatic N) is 2. The molecular formula is C16H15N3S. The highest BCUT2D eigenvalue weighted by Crippen LogP contribution is 2.31. The van der Waals surface area contributed by atoms with Crippen LogP contribution in [-0.4, -0.2) is 15.0 Å². The number of aromatic nitrogens is 3. The third kappa shape index (κ3) is 2.12. The standard InChI is InChI=1S/C16H15N3S/c1-10(2)14-15(18-9-19-16(14)20)13-8-17-7-11-5-3-4-6-12(11)13/h3-10H,1-2H3,(H,18,19,20). The van der Waals surface area contributed by atoms with Crippen molar-refractivity contribution in [3.05, 3.63) is 53.2 Å². The molecule has 0 bridgehead atoms. The van der Waals surface area contributed by atoms with Crippen molar-refractivity contribution in [1.29, 1.82) is 0 Å². The van der Waals surface area contributed by atoms with Crippen LogP contribution in [0.25, 0.3) is 22.0 Å². The van der Waals surface area contributed by atoms with E-state index in [0.29, 0.717) is 10.6 Å². The van der Waals surface area contributed by atoms with Gasteiger partial charge in [0, 0.05) is 28.9 Å². The number of H-pyrrole nitrogens is 1. The predicted molar refractivity (Wildman–Crippen MR) is 84.2 cm³/mol. The summed E-state index contributed by atoms with van der Waals surface area (Å²) >= 11 is 5.39. The van der Waals surface area contributed by atoms with Gasteiger partial charge in [-0.3, -0.25) is 4.98 Å². The van der Waals surface area contributed by atoms with Crippen LogP contribution in [0.5, 0.6) is 0 Å². The lowest BCUT2D eigenvalue weighted by Gasteiger charge is -2.13. The summed E-state index contributed by atoms with van der Waals surface area (Å²) in [6.07, 6.45) is 5.42. The molecule has 0 unspecified atom stereocenters. The van der Waals surface area contributed by atoms with Crippen LogP contribution < -0.4 is 0 Å². The van der Waals surface area contributed by atoms with Gasteiger partial charge in [0.05, 0.1) is 12.0 Å². The molecule has 0 spiro atoms. The largest absolute Gasteiger partial charge is 0.345 e. The van der Waals surface area contributed by atoms with Gasteiger partial charge in [0.15, 0.2) is 0 Å². The van der Waals surface area contributed by atoms with Crippen molar-refractivity contribution >= 4 is 23.0 Å². The van der Waals surface area contributed by atoms with Crippen molar-refractivity contribution < 1.29 is 0 Å². The average Bonchev–Trinajstić information content (AvgIpc) is 2.46. The molecule has 1 N–H and O–H groups in total. The van der Waals surface area contributed by atoms with Crippen molar-refractivity contribution in [2.45, 2.75) is 19.8 Å². The van der Waals surface area contributed by atoms with E-state index in [9.17, 15) is 0 Å². The summed E-state index contributed by atoms with van der Waals surface area (Å²) in [6.45, 7) is 4.26. The van der Waals surface area contributed by atoms with Gasteiger partial charge in [-0.15, -0.1) is 0 Å². The molecule has 0 aliphatic rings. The van der Waals surface area contributed by atoms with Crippen LogP contribution in [0.2, 0.25) is 0 Å². The van der Waals surface area contributed by atoms with Crippen LogP contribution in [0.4, 0.5) is 0 Å². The Hall–Kier alpha value is -2.07. The van der Waals surface area contributed by atoms with Crippen LogP contribution in [0, 0.1) is 4.64 Å². The summed E-state index contributed by atoms with van der Waals surface area (Å²) in [4.78, 5) is 11.8. The molecule has 0 saturated heterocycles. The SMILES string of the molecule is CC(C)c1c(-c2cncc3ccccc23)[nH]cnc1=S. The van der Waals surface area contributed by atoms with Crippen LogP contribution in [-0.2, 0) is 0 Å². The second-order valence-electron chi connectivity index (χ2n) is 5.06. The molecule has 1 aromatic carbocycles. The van der Waals surface area contributed by atoms with Gasteiger partial charge in [0.1, 0.15) is 4.64 Å². The second-order valence-corrected chi connectivity index (χ2v) is 5.45. The van der Waals surface area contributed by atoms with E-state index in [1.54, 1.807) is 6.33 Å². The predicted octanol–water partition coefficient (Wildman–Crippen LogP) is 4.48. The van der Waals surface area contributed by atoms with E-state index in [1.807, 2.05) is 24.5 Å². The lowest BCUT2D eigenvalue weighted by molar-refractivity contribution is 0.844. The number of nitrogens with one attached hydrogen (secondary N) is 1. The quantitative estimate of drug-likeness (QED) is 0.704. The summed E-state index contributed by atoms with van der Waals surface area (Å²) in [5, 5.41) is 2.29. The molecule has 0 amide bonds. The first-order chi connectivity index (χ1) is 9.68. The van der Waals surface area contributed by atoms with Gasteiger partial charge in [0.25, 0.3) is 0 Å². The number of benzene rings is 1. The van der Waals surface area contributed by atoms with Crippen molar-refractivity contribution in [3.8, 4) is 11.3 Å². The van der Waals surface area contributed by atoms with E-state index in [0.717, 1.165) is 22.2 Å². The molecule has 0 fully saturated rings. The molecule has 0 radical (unpaired) electrons. The molecule has 0 saturated carbocycles. The fourth-order valence-electron chi connectivity index (χ4n) is 2.48. The molecule has 0 atom stereocenters. The maximum atomic E-state index is 5.39. The smallest absolute Gasteiger partial charge is 0.133 e. The van der Waals surface area contributed by atoms with E-state index < -0.39 is 0 Å². The molecule has 3 nitrogen and oxygen atoms in total. The van der Waals surface area contributed by atoms with Crippen molar-refractivity contribution in [2.75, 3.05) is 0 Å². The molecule has 2 heterocycles. The minimum Gasteiger partial charge on any atom is -0.345 e. The number of fused-ring (bicyclic) bond motifs is 1. The number of pyridine rings is 1. The van der Waals surface area contributed by atoms with Crippen LogP contribution >= 0.6 is 12.2 Å². The van der Waals surface area contributed by atoms with Crippen molar-refractivity contribution in [1.82, 2.24) is 15.0 Å². The molecule has 0 aliphatic heterocycles. The van der Waals surface area contributed by atoms with Crippen LogP contribution in [0.3, 0.4) is 0 Å². The molecule has 0 aliphatic carbocycles. The lowest BCUT2D eigenvalue weighted by atomic mass is 9.97. The highest BCUT2D eigenvalue weighted by molar-refractivity contribution is 7.71. The first-order valence-corrected chi connectivity index (χ1v) is 7.00. The van der Waals surface area contributed by atoms with Gasteiger partial charge in [-0.25, -0.2) is 4.98 Å². The second kappa shape index (κ2) is 5.13. The zero-order valence-electron chi connectivity index (χ0n) is 11.4. The molecular weight excluding hydrogens is 266 g/mol. The topological polar surface area (TPSA) is 41.6 Å². The molecule has 100 valence electrons. The van der Waals surface area contributed by atoms with Gasteiger partial charge in [0.2, 0.25) is 0 Å². The van der Waals surface area contributed by atoms with E-state index in [2.05, 4.69) is 40.9 Å². The van der Waals surface area contributed by atoms with Crippen LogP contribution in [0.1, 0.15) is 25.3 Å². The third-order valence-corrected chi connectivity index (χ3v) is 3.73. The summed E-state index contributed by atoms with van der Waals surface area (Å²) in [6, 6.07) is 8.23. The Kier molecular flexibility index (Phi) is 3.32. The van der Waals surface area contributed by atoms with Crippen molar-refractivity contribution in [3.63, 3.8) is 0 Å². The van der Waals surface area contributed by atoms with Gasteiger partial charge < -0.3 is 4.98 Å². The Balaban J connectivity index is 2.38. The Morgan fingerprint density at radius 2 is 1.95 bits per heavy atom. The first kappa shape index (κ1) is 12.9. The number of rotatable bonds is 2. The van der Waals surface area contributed by atoms with Crippen LogP contribution in [0.15, 0.2) is 43.0 Å². The van der Waals surface area contributed by atoms with Gasteiger partial charge in [-0.05, 0) is 11.3 Å². The van der Waals surface area contributed by atoms with E-state index in [1.165, 1.54) is 5.39 Å². The summed E-state index contributed by atoms with van der Waals surface area (Å²) in [5.41, 5.74) is 3.16. The van der Waals surface area contributed by atoms with E-state index >= 15 is 0 Å². The van der Waals surface area contributed by atoms with Crippen molar-refractivity contribution in [2.24, 2.45) is 0 Å². The average molecular weight is 281 g/mol. The number of aromatic amines is 1. The fraction of sp³-hybridized carbons (Fsp3) is 0.188. The molecule has 2 aromatic heterocycles. The monoisotopic (exact) mass is 281 g/mol. The van der Waals surface area contributed by atoms with Gasteiger partial charge >= 0.3 is 0 Å². The van der Waals surface area contributed by atoms with E-state index in [4.69, 9.17) is 12.2 Å². The Bertz CT molecular complexity index is 816. The zero-order chi connectivity index (χ0) is 14.1. The summed E-state index contributed by atoms with van der Waals surface area (Å²) in [5.74, 6) is 0.307. The minimum absolute atomic E-state index is 0.307. The maximum absolute atomic E-state index is 5.39. The number of hydrogen-bond donors (Lipinski definition) is 1. The molecule has 20 heavy (non-hydrogen) atoms. The molecule has 3 aromatic rings. The Morgan fingerprint density at radius 1 is 1.15 bits per heavy atom. The third-order valence-electron chi connectivity index (χ3n) is 3.41. The Morgan fingerprint density at radius 3 is 2.75 bits per heavy atom. The number of hydrogen-bond acceptors (Lipinski definition) is 3. The Labute approximate surface area is 122 Å². The minimum atomic E-state index is 0.307. The highest BCUT2D eigenvalue weighted by atomic mass is 32.1.